The summed E-state index contributed by atoms with van der Waals surface area (Å²) in [4.78, 5) is 23.0. The molecule has 5 heteroatoms. The van der Waals surface area contributed by atoms with Crippen LogP contribution in [0.25, 0.3) is 11.0 Å². The van der Waals surface area contributed by atoms with Crippen molar-refractivity contribution in [3.8, 4) is 5.75 Å². The van der Waals surface area contributed by atoms with Crippen LogP contribution in [-0.2, 0) is 9.53 Å². The summed E-state index contributed by atoms with van der Waals surface area (Å²) in [5.41, 5.74) is 0.863. The number of hydrogen-bond donors (Lipinski definition) is 0. The van der Waals surface area contributed by atoms with Gasteiger partial charge in [-0.1, -0.05) is 6.92 Å². The average molecular weight is 290 g/mol. The van der Waals surface area contributed by atoms with Gasteiger partial charge in [-0.3, -0.25) is 0 Å². The summed E-state index contributed by atoms with van der Waals surface area (Å²) < 4.78 is 15.7. The van der Waals surface area contributed by atoms with E-state index >= 15 is 0 Å². The molecule has 0 aliphatic heterocycles. The number of fused-ring (bicyclic) bond motifs is 1. The number of rotatable bonds is 5. The molecule has 0 N–H and O–H groups in total. The Labute approximate surface area is 122 Å². The third kappa shape index (κ3) is 3.62. The van der Waals surface area contributed by atoms with Crippen LogP contribution in [0.15, 0.2) is 33.5 Å². The summed E-state index contributed by atoms with van der Waals surface area (Å²) in [7, 11) is 0. The normalized spacial score (nSPS) is 12.1. The van der Waals surface area contributed by atoms with Crippen LogP contribution in [0.2, 0.25) is 0 Å². The smallest absolute Gasteiger partial charge is 0.347 e. The molecule has 0 fully saturated rings. The number of esters is 1. The van der Waals surface area contributed by atoms with Crippen molar-refractivity contribution < 1.29 is 18.7 Å². The standard InChI is InChI=1S/C16H18O5/c1-4-7-19-16(18)11(3)20-12-5-6-13-10(2)8-15(17)21-14(13)9-12/h5-6,8-9,11H,4,7H2,1-3H3/t11-/m0/s1. The largest absolute Gasteiger partial charge is 0.479 e. The second-order valence-electron chi connectivity index (χ2n) is 4.83. The van der Waals surface area contributed by atoms with Crippen molar-refractivity contribution in [2.75, 3.05) is 6.61 Å². The first kappa shape index (κ1) is 15.1. The van der Waals surface area contributed by atoms with Crippen LogP contribution in [0.5, 0.6) is 5.75 Å². The van der Waals surface area contributed by atoms with Crippen LogP contribution in [0.3, 0.4) is 0 Å². The molecule has 21 heavy (non-hydrogen) atoms. The molecule has 0 radical (unpaired) electrons. The van der Waals surface area contributed by atoms with Crippen LogP contribution in [0, 0.1) is 6.92 Å². The average Bonchev–Trinajstić information content (AvgIpc) is 2.44. The van der Waals surface area contributed by atoms with E-state index in [4.69, 9.17) is 13.9 Å². The van der Waals surface area contributed by atoms with E-state index in [9.17, 15) is 9.59 Å². The lowest BCUT2D eigenvalue weighted by atomic mass is 10.1. The summed E-state index contributed by atoms with van der Waals surface area (Å²) in [5.74, 6) is 0.0415. The number of aryl methyl sites for hydroxylation is 1. The zero-order valence-corrected chi connectivity index (χ0v) is 12.3. The van der Waals surface area contributed by atoms with Crippen LogP contribution < -0.4 is 10.4 Å². The van der Waals surface area contributed by atoms with Crippen molar-refractivity contribution in [3.05, 3.63) is 40.2 Å². The van der Waals surface area contributed by atoms with E-state index in [-0.39, 0.29) is 0 Å². The van der Waals surface area contributed by atoms with Crippen LogP contribution in [0.1, 0.15) is 25.8 Å². The van der Waals surface area contributed by atoms with Gasteiger partial charge in [0, 0.05) is 17.5 Å². The Hall–Kier alpha value is -2.30. The molecule has 0 amide bonds. The first-order valence-corrected chi connectivity index (χ1v) is 6.89. The van der Waals surface area contributed by atoms with E-state index in [2.05, 4.69) is 0 Å². The molecular weight excluding hydrogens is 272 g/mol. The van der Waals surface area contributed by atoms with Gasteiger partial charge >= 0.3 is 11.6 Å². The highest BCUT2D eigenvalue weighted by atomic mass is 16.6. The van der Waals surface area contributed by atoms with Crippen molar-refractivity contribution >= 4 is 16.9 Å². The maximum Gasteiger partial charge on any atom is 0.347 e. The Kier molecular flexibility index (Phi) is 4.62. The molecule has 0 spiro atoms. The van der Waals surface area contributed by atoms with E-state index in [1.165, 1.54) is 6.07 Å². The zero-order chi connectivity index (χ0) is 15.4. The third-order valence-corrected chi connectivity index (χ3v) is 3.02. The summed E-state index contributed by atoms with van der Waals surface area (Å²) in [5, 5.41) is 0.836. The Morgan fingerprint density at radius 2 is 2.10 bits per heavy atom. The minimum atomic E-state index is -0.717. The summed E-state index contributed by atoms with van der Waals surface area (Å²) >= 11 is 0. The Morgan fingerprint density at radius 1 is 1.33 bits per heavy atom. The molecule has 0 bridgehead atoms. The predicted molar refractivity (Wildman–Crippen MR) is 78.6 cm³/mol. The van der Waals surface area contributed by atoms with Crippen molar-refractivity contribution in [1.29, 1.82) is 0 Å². The molecule has 0 aliphatic rings. The maximum absolute atomic E-state index is 11.7. The van der Waals surface area contributed by atoms with Gasteiger partial charge in [0.1, 0.15) is 11.3 Å². The van der Waals surface area contributed by atoms with Crippen molar-refractivity contribution in [3.63, 3.8) is 0 Å². The summed E-state index contributed by atoms with van der Waals surface area (Å²) in [6.45, 7) is 5.75. The molecule has 0 saturated carbocycles. The highest BCUT2D eigenvalue weighted by Gasteiger charge is 2.16. The molecule has 112 valence electrons. The molecule has 0 unspecified atom stereocenters. The fraction of sp³-hybridized carbons (Fsp3) is 0.375. The molecule has 5 nitrogen and oxygen atoms in total. The van der Waals surface area contributed by atoms with E-state index in [0.29, 0.717) is 17.9 Å². The topological polar surface area (TPSA) is 65.7 Å². The lowest BCUT2D eigenvalue weighted by Gasteiger charge is -2.14. The number of hydrogen-bond acceptors (Lipinski definition) is 5. The molecule has 1 aromatic heterocycles. The third-order valence-electron chi connectivity index (χ3n) is 3.02. The monoisotopic (exact) mass is 290 g/mol. The molecule has 2 aromatic rings. The molecule has 0 aliphatic carbocycles. The van der Waals surface area contributed by atoms with E-state index < -0.39 is 17.7 Å². The van der Waals surface area contributed by atoms with E-state index in [1.807, 2.05) is 13.8 Å². The molecule has 1 atom stereocenters. The number of carbonyl (C=O) groups is 1. The molecule has 1 aromatic carbocycles. The maximum atomic E-state index is 11.7. The highest BCUT2D eigenvalue weighted by molar-refractivity contribution is 5.81. The number of benzene rings is 1. The first-order valence-electron chi connectivity index (χ1n) is 6.89. The summed E-state index contributed by atoms with van der Waals surface area (Å²) in [6.07, 6.45) is 0.0457. The second-order valence-corrected chi connectivity index (χ2v) is 4.83. The number of ether oxygens (including phenoxy) is 2. The van der Waals surface area contributed by atoms with E-state index in [1.54, 1.807) is 25.1 Å². The highest BCUT2D eigenvalue weighted by Crippen LogP contribution is 2.23. The predicted octanol–water partition coefficient (Wildman–Crippen LogP) is 2.82. The molecular formula is C16H18O5. The van der Waals surface area contributed by atoms with Crippen molar-refractivity contribution in [2.24, 2.45) is 0 Å². The van der Waals surface area contributed by atoms with E-state index in [0.717, 1.165) is 17.4 Å². The lowest BCUT2D eigenvalue weighted by Crippen LogP contribution is -2.26. The van der Waals surface area contributed by atoms with Gasteiger partial charge in [0.15, 0.2) is 6.10 Å². The van der Waals surface area contributed by atoms with Gasteiger partial charge in [-0.15, -0.1) is 0 Å². The van der Waals surface area contributed by atoms with Gasteiger partial charge < -0.3 is 13.9 Å². The van der Waals surface area contributed by atoms with Gasteiger partial charge in [-0.25, -0.2) is 9.59 Å². The minimum absolute atomic E-state index is 0.373. The van der Waals surface area contributed by atoms with Gasteiger partial charge in [0.05, 0.1) is 6.61 Å². The zero-order valence-electron chi connectivity index (χ0n) is 12.3. The second kappa shape index (κ2) is 6.43. The first-order chi connectivity index (χ1) is 10.0. The number of carbonyl (C=O) groups excluding carboxylic acids is 1. The Bertz CT molecular complexity index is 701. The molecule has 0 saturated heterocycles. The van der Waals surface area contributed by atoms with Crippen LogP contribution >= 0.6 is 0 Å². The fourth-order valence-corrected chi connectivity index (χ4v) is 1.95. The summed E-state index contributed by atoms with van der Waals surface area (Å²) in [6, 6.07) is 6.58. The SMILES string of the molecule is CCCOC(=O)[C@H](C)Oc1ccc2c(C)cc(=O)oc2c1. The quantitative estimate of drug-likeness (QED) is 0.625. The molecule has 2 rings (SSSR count). The van der Waals surface area contributed by atoms with Gasteiger partial charge in [0.2, 0.25) is 0 Å². The van der Waals surface area contributed by atoms with Gasteiger partial charge in [-0.05, 0) is 38.0 Å². The Morgan fingerprint density at radius 3 is 2.81 bits per heavy atom. The van der Waals surface area contributed by atoms with Crippen molar-refractivity contribution in [2.45, 2.75) is 33.3 Å². The van der Waals surface area contributed by atoms with Crippen LogP contribution in [0.4, 0.5) is 0 Å². The minimum Gasteiger partial charge on any atom is -0.479 e. The molecule has 1 heterocycles. The fourth-order valence-electron chi connectivity index (χ4n) is 1.95. The van der Waals surface area contributed by atoms with Crippen molar-refractivity contribution in [1.82, 2.24) is 0 Å². The lowest BCUT2D eigenvalue weighted by molar-refractivity contribution is -0.151. The van der Waals surface area contributed by atoms with Crippen LogP contribution in [-0.4, -0.2) is 18.7 Å². The van der Waals surface area contributed by atoms with Gasteiger partial charge in [0.25, 0.3) is 0 Å². The Balaban J connectivity index is 2.19. The van der Waals surface area contributed by atoms with Gasteiger partial charge in [-0.2, -0.15) is 0 Å².